The van der Waals surface area contributed by atoms with E-state index >= 15 is 0 Å². The van der Waals surface area contributed by atoms with Crippen LogP contribution in [0.25, 0.3) is 0 Å². The van der Waals surface area contributed by atoms with Crippen molar-refractivity contribution in [1.29, 1.82) is 0 Å². The summed E-state index contributed by atoms with van der Waals surface area (Å²) in [6.07, 6.45) is 0.606. The molecule has 1 aromatic rings. The number of rotatable bonds is 13. The Kier molecular flexibility index (Phi) is 10.7. The van der Waals surface area contributed by atoms with Gasteiger partial charge in [0, 0.05) is 19.1 Å². The molecule has 0 spiro atoms. The quantitative estimate of drug-likeness (QED) is 0.565. The average molecular weight is 382 g/mol. The minimum atomic E-state index is -0.537. The monoisotopic (exact) mass is 381 g/mol. The zero-order valence-corrected chi connectivity index (χ0v) is 18.2. The first-order valence-electron chi connectivity index (χ1n) is 9.74. The molecule has 0 saturated heterocycles. The van der Waals surface area contributed by atoms with E-state index in [0.717, 1.165) is 26.1 Å². The van der Waals surface area contributed by atoms with Crippen LogP contribution < -0.4 is 9.47 Å². The molecule has 6 nitrogen and oxygen atoms in total. The van der Waals surface area contributed by atoms with Gasteiger partial charge in [-0.15, -0.1) is 0 Å². The molecule has 0 aliphatic heterocycles. The molecule has 0 aliphatic rings. The van der Waals surface area contributed by atoms with Crippen LogP contribution in [-0.2, 0) is 6.54 Å². The zero-order chi connectivity index (χ0) is 20.4. The van der Waals surface area contributed by atoms with Crippen LogP contribution in [0.1, 0.15) is 25.8 Å². The number of hydrogen-bond donors (Lipinski definition) is 1. The fourth-order valence-corrected chi connectivity index (χ4v) is 2.76. The zero-order valence-electron chi connectivity index (χ0n) is 18.2. The Morgan fingerprint density at radius 1 is 1.04 bits per heavy atom. The van der Waals surface area contributed by atoms with E-state index in [1.807, 2.05) is 19.2 Å². The van der Waals surface area contributed by atoms with Crippen LogP contribution in [-0.4, -0.2) is 93.5 Å². The number of nitrogens with zero attached hydrogens (tertiary/aromatic N) is 3. The van der Waals surface area contributed by atoms with Gasteiger partial charge < -0.3 is 29.3 Å². The van der Waals surface area contributed by atoms with Gasteiger partial charge in [0.1, 0.15) is 12.7 Å². The van der Waals surface area contributed by atoms with E-state index in [9.17, 15) is 5.11 Å². The number of hydrogen-bond acceptors (Lipinski definition) is 6. The number of ether oxygens (including phenoxy) is 2. The fraction of sp³-hybridized carbons (Fsp3) is 0.714. The Hall–Kier alpha value is -1.34. The van der Waals surface area contributed by atoms with Gasteiger partial charge in [-0.3, -0.25) is 0 Å². The number of benzene rings is 1. The molecule has 27 heavy (non-hydrogen) atoms. The molecule has 0 fully saturated rings. The summed E-state index contributed by atoms with van der Waals surface area (Å²) in [5.74, 6) is 1.38. The summed E-state index contributed by atoms with van der Waals surface area (Å²) in [7, 11) is 9.98. The summed E-state index contributed by atoms with van der Waals surface area (Å²) in [4.78, 5) is 6.61. The molecule has 0 bridgehead atoms. The number of methoxy groups -OCH3 is 1. The highest BCUT2D eigenvalue weighted by atomic mass is 16.5. The van der Waals surface area contributed by atoms with E-state index in [0.29, 0.717) is 24.1 Å². The summed E-state index contributed by atoms with van der Waals surface area (Å²) >= 11 is 0. The highest BCUT2D eigenvalue weighted by molar-refractivity contribution is 5.43. The number of likely N-dealkylation sites (N-methyl/N-ethyl adjacent to an activating group) is 1. The van der Waals surface area contributed by atoms with Crippen molar-refractivity contribution in [3.63, 3.8) is 0 Å². The van der Waals surface area contributed by atoms with E-state index in [4.69, 9.17) is 9.47 Å². The van der Waals surface area contributed by atoms with Crippen molar-refractivity contribution in [2.75, 3.05) is 61.5 Å². The van der Waals surface area contributed by atoms with Gasteiger partial charge in [-0.25, -0.2) is 0 Å². The lowest BCUT2D eigenvalue weighted by Crippen LogP contribution is -2.36. The first-order valence-corrected chi connectivity index (χ1v) is 9.74. The third-order valence-corrected chi connectivity index (χ3v) is 4.64. The van der Waals surface area contributed by atoms with Crippen LogP contribution in [0.4, 0.5) is 0 Å². The summed E-state index contributed by atoms with van der Waals surface area (Å²) in [6.45, 7) is 8.04. The van der Waals surface area contributed by atoms with Crippen molar-refractivity contribution in [1.82, 2.24) is 14.7 Å². The van der Waals surface area contributed by atoms with Crippen molar-refractivity contribution < 1.29 is 14.6 Å². The smallest absolute Gasteiger partial charge is 0.161 e. The van der Waals surface area contributed by atoms with E-state index in [2.05, 4.69) is 55.8 Å². The van der Waals surface area contributed by atoms with Crippen molar-refractivity contribution in [3.05, 3.63) is 23.8 Å². The lowest BCUT2D eigenvalue weighted by molar-refractivity contribution is 0.0668. The van der Waals surface area contributed by atoms with Gasteiger partial charge in [0.25, 0.3) is 0 Å². The second-order valence-electron chi connectivity index (χ2n) is 7.88. The summed E-state index contributed by atoms with van der Waals surface area (Å²) < 4.78 is 11.3. The second-order valence-corrected chi connectivity index (χ2v) is 7.88. The minimum absolute atomic E-state index is 0.247. The Morgan fingerprint density at radius 2 is 1.74 bits per heavy atom. The van der Waals surface area contributed by atoms with E-state index in [-0.39, 0.29) is 6.61 Å². The second kappa shape index (κ2) is 12.2. The predicted octanol–water partition coefficient (Wildman–Crippen LogP) is 2.16. The molecule has 1 atom stereocenters. The van der Waals surface area contributed by atoms with Gasteiger partial charge in [-0.1, -0.05) is 6.07 Å². The molecule has 0 aliphatic carbocycles. The van der Waals surface area contributed by atoms with Crippen LogP contribution in [0.5, 0.6) is 11.5 Å². The highest BCUT2D eigenvalue weighted by Crippen LogP contribution is 2.28. The molecule has 0 heterocycles. The van der Waals surface area contributed by atoms with Crippen molar-refractivity contribution in [2.45, 2.75) is 39.0 Å². The first-order chi connectivity index (χ1) is 12.7. The standard InChI is InChI=1S/C21H39N3O3/c1-17(2)24(6)15-19(25)16-27-20-10-9-18(13-21(20)26-7)14-23(5)12-8-11-22(3)4/h9-10,13,17,19,25H,8,11-12,14-16H2,1-7H3/t19-/m1/s1. The molecular weight excluding hydrogens is 342 g/mol. The largest absolute Gasteiger partial charge is 0.493 e. The van der Waals surface area contributed by atoms with Crippen LogP contribution in [0, 0.1) is 0 Å². The molecular formula is C21H39N3O3. The number of aliphatic hydroxyl groups excluding tert-OH is 1. The Morgan fingerprint density at radius 3 is 2.33 bits per heavy atom. The van der Waals surface area contributed by atoms with Crippen molar-refractivity contribution >= 4 is 0 Å². The van der Waals surface area contributed by atoms with Crippen LogP contribution in [0.3, 0.4) is 0 Å². The third kappa shape index (κ3) is 9.42. The Labute approximate surface area is 165 Å². The third-order valence-electron chi connectivity index (χ3n) is 4.64. The minimum Gasteiger partial charge on any atom is -0.493 e. The first kappa shape index (κ1) is 23.7. The fourth-order valence-electron chi connectivity index (χ4n) is 2.76. The Balaban J connectivity index is 2.56. The maximum atomic E-state index is 10.2. The molecule has 1 rings (SSSR count). The molecule has 6 heteroatoms. The topological polar surface area (TPSA) is 48.4 Å². The highest BCUT2D eigenvalue weighted by Gasteiger charge is 2.13. The lowest BCUT2D eigenvalue weighted by Gasteiger charge is -2.24. The average Bonchev–Trinajstić information content (AvgIpc) is 2.59. The summed E-state index contributed by atoms with van der Waals surface area (Å²) in [5, 5.41) is 10.2. The van der Waals surface area contributed by atoms with Crippen molar-refractivity contribution in [3.8, 4) is 11.5 Å². The maximum Gasteiger partial charge on any atom is 0.161 e. The van der Waals surface area contributed by atoms with Crippen LogP contribution >= 0.6 is 0 Å². The molecule has 0 amide bonds. The maximum absolute atomic E-state index is 10.2. The SMILES string of the molecule is COc1cc(CN(C)CCCN(C)C)ccc1OC[C@H](O)CN(C)C(C)C. The number of aliphatic hydroxyl groups is 1. The van der Waals surface area contributed by atoms with Gasteiger partial charge in [-0.05, 0) is 79.2 Å². The van der Waals surface area contributed by atoms with Crippen LogP contribution in [0.2, 0.25) is 0 Å². The van der Waals surface area contributed by atoms with E-state index in [1.54, 1.807) is 7.11 Å². The molecule has 0 radical (unpaired) electrons. The van der Waals surface area contributed by atoms with Gasteiger partial charge in [0.15, 0.2) is 11.5 Å². The molecule has 0 aromatic heterocycles. The van der Waals surface area contributed by atoms with Gasteiger partial charge in [0.2, 0.25) is 0 Å². The predicted molar refractivity (Wildman–Crippen MR) is 112 cm³/mol. The molecule has 1 N–H and O–H groups in total. The molecule has 156 valence electrons. The van der Waals surface area contributed by atoms with Gasteiger partial charge in [-0.2, -0.15) is 0 Å². The van der Waals surface area contributed by atoms with E-state index < -0.39 is 6.10 Å². The van der Waals surface area contributed by atoms with Crippen LogP contribution in [0.15, 0.2) is 18.2 Å². The van der Waals surface area contributed by atoms with Gasteiger partial charge >= 0.3 is 0 Å². The van der Waals surface area contributed by atoms with Gasteiger partial charge in [0.05, 0.1) is 7.11 Å². The van der Waals surface area contributed by atoms with E-state index in [1.165, 1.54) is 5.56 Å². The lowest BCUT2D eigenvalue weighted by atomic mass is 10.2. The Bertz CT molecular complexity index is 537. The summed E-state index contributed by atoms with van der Waals surface area (Å²) in [6, 6.07) is 6.40. The van der Waals surface area contributed by atoms with Crippen molar-refractivity contribution in [2.24, 2.45) is 0 Å². The molecule has 0 saturated carbocycles. The normalized spacial score (nSPS) is 13.0. The molecule has 0 unspecified atom stereocenters. The molecule has 1 aromatic carbocycles. The summed E-state index contributed by atoms with van der Waals surface area (Å²) in [5.41, 5.74) is 1.19.